The molecule has 1 fully saturated rings. The van der Waals surface area contributed by atoms with Crippen LogP contribution in [0.25, 0.3) is 11.0 Å². The first-order valence-corrected chi connectivity index (χ1v) is 9.77. The van der Waals surface area contributed by atoms with Crippen LogP contribution in [0.3, 0.4) is 0 Å². The number of nitrogens with one attached hydrogen (secondary N) is 1. The maximum Gasteiger partial charge on any atom is 0.162 e. The highest BCUT2D eigenvalue weighted by Gasteiger charge is 2.51. The van der Waals surface area contributed by atoms with Gasteiger partial charge in [-0.2, -0.15) is 0 Å². The average molecular weight is 476 g/mol. The zero-order chi connectivity index (χ0) is 20.9. The normalized spacial score (nSPS) is 25.7. The number of halogens is 3. The number of aliphatic hydroxyl groups is 3. The van der Waals surface area contributed by atoms with Gasteiger partial charge < -0.3 is 19.9 Å². The van der Waals surface area contributed by atoms with Gasteiger partial charge in [-0.3, -0.25) is 10.7 Å². The van der Waals surface area contributed by atoms with Gasteiger partial charge in [-0.15, -0.1) is 12.4 Å². The molecule has 5 N–H and O–H groups in total. The van der Waals surface area contributed by atoms with E-state index in [2.05, 4.69) is 9.97 Å². The van der Waals surface area contributed by atoms with E-state index < -0.39 is 29.8 Å². The van der Waals surface area contributed by atoms with Gasteiger partial charge in [0, 0.05) is 12.1 Å². The molecule has 11 heteroatoms. The van der Waals surface area contributed by atoms with E-state index in [1.807, 2.05) is 5.48 Å². The number of nitrogens with zero attached hydrogens (tertiary/aromatic N) is 3. The summed E-state index contributed by atoms with van der Waals surface area (Å²) >= 11 is 12.1. The number of hydrogen-bond acceptors (Lipinski definition) is 7. The van der Waals surface area contributed by atoms with Crippen molar-refractivity contribution in [3.05, 3.63) is 52.4 Å². The second kappa shape index (κ2) is 8.47. The summed E-state index contributed by atoms with van der Waals surface area (Å²) in [6, 6.07) is 5.97. The number of hydrogen-bond donors (Lipinski definition) is 5. The van der Waals surface area contributed by atoms with E-state index in [1.165, 1.54) is 6.33 Å². The van der Waals surface area contributed by atoms with E-state index in [0.717, 1.165) is 0 Å². The van der Waals surface area contributed by atoms with Crippen LogP contribution >= 0.6 is 35.6 Å². The monoisotopic (exact) mass is 474 g/mol. The van der Waals surface area contributed by atoms with Gasteiger partial charge >= 0.3 is 0 Å². The quantitative estimate of drug-likeness (QED) is 0.367. The summed E-state index contributed by atoms with van der Waals surface area (Å²) in [5.41, 5.74) is 1.54. The van der Waals surface area contributed by atoms with Gasteiger partial charge in [0.15, 0.2) is 5.82 Å². The number of aliphatic hydroxyl groups excluding tert-OH is 2. The molecule has 0 radical (unpaired) electrons. The van der Waals surface area contributed by atoms with Gasteiger partial charge in [-0.25, -0.2) is 9.97 Å². The molecule has 8 nitrogen and oxygen atoms in total. The summed E-state index contributed by atoms with van der Waals surface area (Å²) in [5, 5.41) is 43.2. The second-order valence-electron chi connectivity index (χ2n) is 7.46. The van der Waals surface area contributed by atoms with Gasteiger partial charge in [0.25, 0.3) is 0 Å². The van der Waals surface area contributed by atoms with Crippen molar-refractivity contribution in [1.82, 2.24) is 14.5 Å². The molecule has 4 rings (SSSR count). The van der Waals surface area contributed by atoms with E-state index in [0.29, 0.717) is 26.6 Å². The van der Waals surface area contributed by atoms with E-state index in [4.69, 9.17) is 23.2 Å². The van der Waals surface area contributed by atoms with Crippen molar-refractivity contribution in [3.63, 3.8) is 0 Å². The van der Waals surface area contributed by atoms with Gasteiger partial charge in [-0.1, -0.05) is 29.3 Å². The van der Waals surface area contributed by atoms with Crippen LogP contribution in [0.5, 0.6) is 0 Å². The zero-order valence-corrected chi connectivity index (χ0v) is 18.1. The largest absolute Gasteiger partial charge is 0.390 e. The molecule has 162 valence electrons. The minimum Gasteiger partial charge on any atom is -0.390 e. The van der Waals surface area contributed by atoms with Gasteiger partial charge in [0.05, 0.1) is 33.2 Å². The SMILES string of the molecule is CC(O)(c1ccc(Cl)c(Cl)c1)[C@H]1C[C@@H](n2ccc3c(NO)ncnc32)[C@H](O)[C@@H]1O.Cl. The molecule has 1 unspecified atom stereocenters. The third-order valence-electron chi connectivity index (χ3n) is 5.85. The zero-order valence-electron chi connectivity index (χ0n) is 15.8. The standard InChI is InChI=1S/C19H20Cl2N4O4.ClH/c1-19(28,9-2-3-12(20)13(21)6-9)11-7-14(16(27)15(11)26)25-5-4-10-17(24-29)22-8-23-18(10)25;/h2-6,8,11,14-16,26-29H,7H2,1H3,(H,22,23,24);1H/t11-,14+,15+,16-,19?;/m0./s1. The first kappa shape index (κ1) is 23.0. The van der Waals surface area contributed by atoms with E-state index in [1.54, 1.807) is 42.0 Å². The Bertz CT molecular complexity index is 1060. The number of fused-ring (bicyclic) bond motifs is 1. The summed E-state index contributed by atoms with van der Waals surface area (Å²) in [4.78, 5) is 8.18. The van der Waals surface area contributed by atoms with Crippen LogP contribution < -0.4 is 5.48 Å². The van der Waals surface area contributed by atoms with Crippen LogP contribution in [-0.2, 0) is 5.60 Å². The predicted octanol–water partition coefficient (Wildman–Crippen LogP) is 3.15. The molecule has 0 saturated heterocycles. The van der Waals surface area contributed by atoms with Crippen molar-refractivity contribution in [2.75, 3.05) is 5.48 Å². The summed E-state index contributed by atoms with van der Waals surface area (Å²) in [5.74, 6) is -0.435. The molecule has 3 aromatic rings. The molecule has 2 heterocycles. The highest BCUT2D eigenvalue weighted by molar-refractivity contribution is 6.42. The highest BCUT2D eigenvalue weighted by atomic mass is 35.5. The Morgan fingerprint density at radius 2 is 1.87 bits per heavy atom. The fourth-order valence-electron chi connectivity index (χ4n) is 4.20. The summed E-state index contributed by atoms with van der Waals surface area (Å²) < 4.78 is 1.72. The Balaban J connectivity index is 0.00000256. The van der Waals surface area contributed by atoms with Gasteiger partial charge in [-0.05, 0) is 37.1 Å². The molecule has 0 spiro atoms. The first-order valence-electron chi connectivity index (χ1n) is 9.01. The molecule has 2 aromatic heterocycles. The molecule has 1 aromatic carbocycles. The first-order chi connectivity index (χ1) is 13.8. The molecule has 1 aliphatic rings. The smallest absolute Gasteiger partial charge is 0.162 e. The van der Waals surface area contributed by atoms with Crippen molar-refractivity contribution in [2.24, 2.45) is 5.92 Å². The highest BCUT2D eigenvalue weighted by Crippen LogP contribution is 2.46. The van der Waals surface area contributed by atoms with Crippen molar-refractivity contribution in [3.8, 4) is 0 Å². The van der Waals surface area contributed by atoms with Crippen LogP contribution in [0.4, 0.5) is 5.82 Å². The number of rotatable bonds is 4. The minimum atomic E-state index is -1.46. The minimum absolute atomic E-state index is 0. The van der Waals surface area contributed by atoms with Crippen LogP contribution in [0.15, 0.2) is 36.8 Å². The van der Waals surface area contributed by atoms with Crippen molar-refractivity contribution in [1.29, 1.82) is 0 Å². The molecule has 0 bridgehead atoms. The Morgan fingerprint density at radius 3 is 2.53 bits per heavy atom. The Kier molecular flexibility index (Phi) is 6.50. The van der Waals surface area contributed by atoms with E-state index in [-0.39, 0.29) is 24.6 Å². The third kappa shape index (κ3) is 3.62. The predicted molar refractivity (Wildman–Crippen MR) is 115 cm³/mol. The van der Waals surface area contributed by atoms with Crippen molar-refractivity contribution >= 4 is 52.5 Å². The lowest BCUT2D eigenvalue weighted by Gasteiger charge is -2.33. The molecule has 1 saturated carbocycles. The molecule has 30 heavy (non-hydrogen) atoms. The second-order valence-corrected chi connectivity index (χ2v) is 8.28. The maximum absolute atomic E-state index is 11.2. The lowest BCUT2D eigenvalue weighted by atomic mass is 9.80. The maximum atomic E-state index is 11.2. The molecule has 0 amide bonds. The average Bonchev–Trinajstić information content (AvgIpc) is 3.25. The van der Waals surface area contributed by atoms with E-state index >= 15 is 0 Å². The summed E-state index contributed by atoms with van der Waals surface area (Å²) in [6.07, 6.45) is 0.963. The molecule has 1 aliphatic carbocycles. The molecular formula is C19H21Cl3N4O4. The topological polar surface area (TPSA) is 124 Å². The Labute approximate surface area is 188 Å². The van der Waals surface area contributed by atoms with Crippen molar-refractivity contribution < 1.29 is 20.5 Å². The molecule has 0 aliphatic heterocycles. The Morgan fingerprint density at radius 1 is 1.13 bits per heavy atom. The summed E-state index contributed by atoms with van der Waals surface area (Å²) in [6.45, 7) is 1.58. The van der Waals surface area contributed by atoms with E-state index in [9.17, 15) is 20.5 Å². The van der Waals surface area contributed by atoms with Crippen LogP contribution in [0.1, 0.15) is 24.9 Å². The fraction of sp³-hybridized carbons (Fsp3) is 0.368. The molecule has 5 atom stereocenters. The van der Waals surface area contributed by atoms with Crippen LogP contribution in [0.2, 0.25) is 10.0 Å². The lowest BCUT2D eigenvalue weighted by Crippen LogP contribution is -2.40. The van der Waals surface area contributed by atoms with Crippen molar-refractivity contribution in [2.45, 2.75) is 37.2 Å². The van der Waals surface area contributed by atoms with Gasteiger partial charge in [0.1, 0.15) is 18.1 Å². The number of benzene rings is 1. The lowest BCUT2D eigenvalue weighted by molar-refractivity contribution is -0.0751. The van der Waals surface area contributed by atoms with Crippen LogP contribution in [-0.4, -0.2) is 47.3 Å². The third-order valence-corrected chi connectivity index (χ3v) is 6.59. The molecular weight excluding hydrogens is 455 g/mol. The Hall–Kier alpha value is -1.65. The number of anilines is 1. The van der Waals surface area contributed by atoms with Gasteiger partial charge in [0.2, 0.25) is 0 Å². The number of aromatic nitrogens is 3. The fourth-order valence-corrected chi connectivity index (χ4v) is 4.50. The summed E-state index contributed by atoms with van der Waals surface area (Å²) in [7, 11) is 0. The van der Waals surface area contributed by atoms with Crippen LogP contribution in [0, 0.1) is 5.92 Å².